The number of carbonyl (C=O) groups is 2. The lowest BCUT2D eigenvalue weighted by Gasteiger charge is -2.23. The number of amides is 2. The Morgan fingerprint density at radius 1 is 1.10 bits per heavy atom. The highest BCUT2D eigenvalue weighted by atomic mass is 32.1. The van der Waals surface area contributed by atoms with Crippen molar-refractivity contribution in [2.24, 2.45) is 5.92 Å². The third-order valence-corrected chi connectivity index (χ3v) is 6.12. The summed E-state index contributed by atoms with van der Waals surface area (Å²) in [5, 5.41) is 8.96. The number of pyridine rings is 1. The number of nitrogens with zero attached hydrogens (tertiary/aromatic N) is 2. The predicted octanol–water partition coefficient (Wildman–Crippen LogP) is 4.10. The van der Waals surface area contributed by atoms with Gasteiger partial charge in [-0.2, -0.15) is 0 Å². The summed E-state index contributed by atoms with van der Waals surface area (Å²) in [7, 11) is 0. The molecule has 0 aliphatic heterocycles. The van der Waals surface area contributed by atoms with Gasteiger partial charge in [0, 0.05) is 41.9 Å². The molecule has 1 aromatic carbocycles. The van der Waals surface area contributed by atoms with E-state index in [4.69, 9.17) is 0 Å². The molecule has 0 spiro atoms. The van der Waals surface area contributed by atoms with Crippen molar-refractivity contribution in [3.8, 4) is 11.3 Å². The van der Waals surface area contributed by atoms with E-state index in [1.165, 1.54) is 0 Å². The maximum absolute atomic E-state index is 12.8. The Balaban J connectivity index is 1.49. The third kappa shape index (κ3) is 6.46. The minimum absolute atomic E-state index is 0.0366. The average molecular weight is 437 g/mol. The molecule has 2 N–H and O–H groups in total. The summed E-state index contributed by atoms with van der Waals surface area (Å²) in [4.78, 5) is 34.0. The number of carbonyl (C=O) groups excluding carboxylic acids is 2. The van der Waals surface area contributed by atoms with Crippen LogP contribution in [0.2, 0.25) is 0 Å². The lowest BCUT2D eigenvalue weighted by molar-refractivity contribution is -0.124. The summed E-state index contributed by atoms with van der Waals surface area (Å²) in [6, 6.07) is 12.3. The molecule has 2 atom stereocenters. The Bertz CT molecular complexity index is 976. The second-order valence-corrected chi connectivity index (χ2v) is 8.40. The largest absolute Gasteiger partial charge is 0.354 e. The van der Waals surface area contributed by atoms with Crippen molar-refractivity contribution in [1.29, 1.82) is 0 Å². The van der Waals surface area contributed by atoms with E-state index < -0.39 is 6.04 Å². The fraction of sp³-hybridized carbons (Fsp3) is 0.333. The van der Waals surface area contributed by atoms with Crippen LogP contribution in [-0.4, -0.2) is 34.4 Å². The van der Waals surface area contributed by atoms with Crippen molar-refractivity contribution < 1.29 is 9.59 Å². The van der Waals surface area contributed by atoms with Gasteiger partial charge in [0.2, 0.25) is 5.91 Å². The van der Waals surface area contributed by atoms with E-state index in [1.807, 2.05) is 49.6 Å². The Labute approximate surface area is 187 Å². The van der Waals surface area contributed by atoms with E-state index in [0.29, 0.717) is 12.1 Å². The number of aromatic nitrogens is 2. The van der Waals surface area contributed by atoms with Gasteiger partial charge >= 0.3 is 0 Å². The molecular weight excluding hydrogens is 408 g/mol. The van der Waals surface area contributed by atoms with Gasteiger partial charge in [0.25, 0.3) is 5.91 Å². The van der Waals surface area contributed by atoms with Gasteiger partial charge in [0.05, 0.1) is 10.7 Å². The minimum atomic E-state index is -0.559. The van der Waals surface area contributed by atoms with E-state index in [2.05, 4.69) is 20.6 Å². The van der Waals surface area contributed by atoms with E-state index in [0.717, 1.165) is 35.5 Å². The molecule has 0 saturated heterocycles. The summed E-state index contributed by atoms with van der Waals surface area (Å²) >= 11 is 1.62. The Kier molecular flexibility index (Phi) is 8.29. The first-order valence-electron chi connectivity index (χ1n) is 10.6. The predicted molar refractivity (Wildman–Crippen MR) is 124 cm³/mol. The maximum Gasteiger partial charge on any atom is 0.251 e. The average Bonchev–Trinajstić information content (AvgIpc) is 3.29. The maximum atomic E-state index is 12.8. The van der Waals surface area contributed by atoms with Crippen LogP contribution < -0.4 is 10.6 Å². The van der Waals surface area contributed by atoms with Crippen LogP contribution in [0, 0.1) is 5.92 Å². The number of rotatable bonds is 10. The molecule has 31 heavy (non-hydrogen) atoms. The van der Waals surface area contributed by atoms with E-state index in [-0.39, 0.29) is 17.7 Å². The number of nitrogens with one attached hydrogen (secondary N) is 2. The molecule has 3 rings (SSSR count). The zero-order valence-corrected chi connectivity index (χ0v) is 18.7. The first-order valence-corrected chi connectivity index (χ1v) is 11.4. The van der Waals surface area contributed by atoms with Crippen molar-refractivity contribution in [2.45, 2.75) is 39.2 Å². The molecule has 2 heterocycles. The quantitative estimate of drug-likeness (QED) is 0.469. The second-order valence-electron chi connectivity index (χ2n) is 7.46. The smallest absolute Gasteiger partial charge is 0.251 e. The van der Waals surface area contributed by atoms with E-state index in [9.17, 15) is 9.59 Å². The fourth-order valence-electron chi connectivity index (χ4n) is 3.16. The number of aryl methyl sites for hydroxylation is 1. The van der Waals surface area contributed by atoms with Gasteiger partial charge in [-0.1, -0.05) is 38.5 Å². The SMILES string of the molecule is CC[C@H](C)[C@@H](NC(=O)c1ccccc1)C(=O)NCCCc1nc(-c2ccncc2)cs1. The first-order chi connectivity index (χ1) is 15.1. The molecule has 2 amide bonds. The van der Waals surface area contributed by atoms with Crippen LogP contribution in [0.5, 0.6) is 0 Å². The van der Waals surface area contributed by atoms with Gasteiger partial charge in [-0.25, -0.2) is 4.98 Å². The summed E-state index contributed by atoms with van der Waals surface area (Å²) in [6.07, 6.45) is 5.89. The van der Waals surface area contributed by atoms with Crippen molar-refractivity contribution >= 4 is 23.2 Å². The molecule has 0 aliphatic rings. The molecule has 0 bridgehead atoms. The van der Waals surface area contributed by atoms with Crippen molar-refractivity contribution in [3.05, 3.63) is 70.8 Å². The summed E-state index contributed by atoms with van der Waals surface area (Å²) < 4.78 is 0. The van der Waals surface area contributed by atoms with Crippen LogP contribution in [0.1, 0.15) is 42.1 Å². The van der Waals surface area contributed by atoms with Crippen molar-refractivity contribution in [1.82, 2.24) is 20.6 Å². The molecule has 0 aliphatic carbocycles. The zero-order chi connectivity index (χ0) is 22.1. The lowest BCUT2D eigenvalue weighted by atomic mass is 9.97. The molecule has 0 unspecified atom stereocenters. The van der Waals surface area contributed by atoms with Gasteiger partial charge in [-0.3, -0.25) is 14.6 Å². The highest BCUT2D eigenvalue weighted by Crippen LogP contribution is 2.21. The van der Waals surface area contributed by atoms with Gasteiger partial charge < -0.3 is 10.6 Å². The second kappa shape index (κ2) is 11.4. The Hall–Kier alpha value is -3.06. The summed E-state index contributed by atoms with van der Waals surface area (Å²) in [5.74, 6) is -0.336. The number of benzene rings is 1. The van der Waals surface area contributed by atoms with Crippen LogP contribution in [0.3, 0.4) is 0 Å². The van der Waals surface area contributed by atoms with Gasteiger partial charge in [-0.15, -0.1) is 11.3 Å². The monoisotopic (exact) mass is 436 g/mol. The normalized spacial score (nSPS) is 12.7. The Morgan fingerprint density at radius 3 is 2.55 bits per heavy atom. The lowest BCUT2D eigenvalue weighted by Crippen LogP contribution is -2.50. The van der Waals surface area contributed by atoms with E-state index in [1.54, 1.807) is 35.9 Å². The molecule has 2 aromatic heterocycles. The third-order valence-electron chi connectivity index (χ3n) is 5.21. The van der Waals surface area contributed by atoms with Crippen LogP contribution in [0.15, 0.2) is 60.2 Å². The zero-order valence-electron chi connectivity index (χ0n) is 17.9. The first kappa shape index (κ1) is 22.6. The number of hydrogen-bond acceptors (Lipinski definition) is 5. The number of hydrogen-bond donors (Lipinski definition) is 2. The highest BCUT2D eigenvalue weighted by molar-refractivity contribution is 7.09. The van der Waals surface area contributed by atoms with Crippen LogP contribution in [-0.2, 0) is 11.2 Å². The number of thiazole rings is 1. The topological polar surface area (TPSA) is 84.0 Å². The van der Waals surface area contributed by atoms with Crippen LogP contribution >= 0.6 is 11.3 Å². The van der Waals surface area contributed by atoms with E-state index >= 15 is 0 Å². The molecule has 3 aromatic rings. The molecule has 0 radical (unpaired) electrons. The summed E-state index contributed by atoms with van der Waals surface area (Å²) in [5.41, 5.74) is 2.56. The molecule has 0 saturated carbocycles. The minimum Gasteiger partial charge on any atom is -0.354 e. The van der Waals surface area contributed by atoms with Gasteiger partial charge in [-0.05, 0) is 36.6 Å². The molecule has 7 heteroatoms. The standard InChI is InChI=1S/C24H28N4O2S/c1-3-17(2)22(28-23(29)19-8-5-4-6-9-19)24(30)26-13-7-10-21-27-20(16-31-21)18-11-14-25-15-12-18/h4-6,8-9,11-12,14-17,22H,3,7,10,13H2,1-2H3,(H,26,30)(H,28,29)/t17-,22+/m0/s1. The van der Waals surface area contributed by atoms with Gasteiger partial charge in [0.1, 0.15) is 6.04 Å². The molecular formula is C24H28N4O2S. The summed E-state index contributed by atoms with van der Waals surface area (Å²) in [6.45, 7) is 4.53. The molecule has 162 valence electrons. The van der Waals surface area contributed by atoms with Crippen molar-refractivity contribution in [3.63, 3.8) is 0 Å². The van der Waals surface area contributed by atoms with Gasteiger partial charge in [0.15, 0.2) is 0 Å². The fourth-order valence-corrected chi connectivity index (χ4v) is 4.01. The highest BCUT2D eigenvalue weighted by Gasteiger charge is 2.26. The Morgan fingerprint density at radius 2 is 1.84 bits per heavy atom. The molecule has 6 nitrogen and oxygen atoms in total. The van der Waals surface area contributed by atoms with Crippen molar-refractivity contribution in [2.75, 3.05) is 6.54 Å². The van der Waals surface area contributed by atoms with Crippen LogP contribution in [0.25, 0.3) is 11.3 Å². The van der Waals surface area contributed by atoms with Crippen LogP contribution in [0.4, 0.5) is 0 Å². The molecule has 0 fully saturated rings.